The molecule has 4 nitrogen and oxygen atoms in total. The third kappa shape index (κ3) is 4.96. The summed E-state index contributed by atoms with van der Waals surface area (Å²) in [7, 11) is 3.77. The van der Waals surface area contributed by atoms with E-state index in [0.717, 1.165) is 29.0 Å². The van der Waals surface area contributed by atoms with Gasteiger partial charge in [0.15, 0.2) is 5.78 Å². The Morgan fingerprint density at radius 1 is 1.00 bits per heavy atom. The van der Waals surface area contributed by atoms with Gasteiger partial charge in [-0.2, -0.15) is 0 Å². The summed E-state index contributed by atoms with van der Waals surface area (Å²) in [5, 5.41) is 7.09. The van der Waals surface area contributed by atoms with Gasteiger partial charge < -0.3 is 15.4 Å². The second-order valence-electron chi connectivity index (χ2n) is 7.38. The van der Waals surface area contributed by atoms with E-state index in [-0.39, 0.29) is 5.78 Å². The van der Waals surface area contributed by atoms with Gasteiger partial charge in [0.2, 0.25) is 0 Å². The average molecular weight is 367 g/mol. The zero-order chi connectivity index (χ0) is 19.2. The maximum Gasteiger partial charge on any atom is 0.159 e. The van der Waals surface area contributed by atoms with Crippen molar-refractivity contribution in [2.45, 2.75) is 51.2 Å². The van der Waals surface area contributed by atoms with Crippen molar-refractivity contribution < 1.29 is 9.53 Å². The Kier molecular flexibility index (Phi) is 6.64. The number of carbonyl (C=O) groups excluding carboxylic acids is 1. The van der Waals surface area contributed by atoms with Gasteiger partial charge in [-0.1, -0.05) is 30.3 Å². The highest BCUT2D eigenvalue weighted by molar-refractivity contribution is 5.94. The van der Waals surface area contributed by atoms with Crippen molar-refractivity contribution in [3.63, 3.8) is 0 Å². The maximum atomic E-state index is 11.5. The molecule has 27 heavy (non-hydrogen) atoms. The molecule has 1 aliphatic carbocycles. The summed E-state index contributed by atoms with van der Waals surface area (Å²) in [6.07, 6.45) is 4.88. The molecule has 3 rings (SSSR count). The summed E-state index contributed by atoms with van der Waals surface area (Å²) in [5.41, 5.74) is 4.16. The van der Waals surface area contributed by atoms with Crippen LogP contribution in [0.25, 0.3) is 11.1 Å². The molecule has 0 aliphatic heterocycles. The molecule has 0 aromatic heterocycles. The molecule has 144 valence electrons. The molecule has 0 unspecified atom stereocenters. The van der Waals surface area contributed by atoms with E-state index in [1.165, 1.54) is 31.2 Å². The van der Waals surface area contributed by atoms with Crippen LogP contribution in [0.5, 0.6) is 5.75 Å². The van der Waals surface area contributed by atoms with Crippen molar-refractivity contribution in [3.8, 4) is 16.9 Å². The first-order valence-electron chi connectivity index (χ1n) is 9.79. The number of rotatable bonds is 7. The number of ether oxygens (including phenoxy) is 1. The molecule has 1 aliphatic rings. The first-order chi connectivity index (χ1) is 13.1. The number of ketones is 1. The molecule has 0 saturated heterocycles. The SMILES string of the molecule is CNC1CCC(NCc2cc(-c3ccc(C(C)=O)cc3)ccc2OC)CC1. The molecule has 0 radical (unpaired) electrons. The second kappa shape index (κ2) is 9.16. The van der Waals surface area contributed by atoms with Gasteiger partial charge in [0.25, 0.3) is 0 Å². The zero-order valence-electron chi connectivity index (χ0n) is 16.5. The molecule has 4 heteroatoms. The van der Waals surface area contributed by atoms with Crippen molar-refractivity contribution in [3.05, 3.63) is 53.6 Å². The molecule has 2 aromatic rings. The lowest BCUT2D eigenvalue weighted by atomic mass is 9.91. The van der Waals surface area contributed by atoms with Crippen LogP contribution >= 0.6 is 0 Å². The van der Waals surface area contributed by atoms with E-state index in [0.29, 0.717) is 12.1 Å². The van der Waals surface area contributed by atoms with Crippen molar-refractivity contribution in [2.75, 3.05) is 14.2 Å². The molecule has 0 heterocycles. The largest absolute Gasteiger partial charge is 0.496 e. The molecule has 2 aromatic carbocycles. The van der Waals surface area contributed by atoms with Crippen LogP contribution < -0.4 is 15.4 Å². The lowest BCUT2D eigenvalue weighted by Gasteiger charge is -2.29. The topological polar surface area (TPSA) is 50.4 Å². The fourth-order valence-electron chi connectivity index (χ4n) is 3.83. The van der Waals surface area contributed by atoms with E-state index in [1.807, 2.05) is 30.3 Å². The normalized spacial score (nSPS) is 19.7. The van der Waals surface area contributed by atoms with Gasteiger partial charge in [-0.25, -0.2) is 0 Å². The number of hydrogen-bond acceptors (Lipinski definition) is 4. The smallest absolute Gasteiger partial charge is 0.159 e. The molecule has 0 atom stereocenters. The molecule has 1 fully saturated rings. The Labute approximate surface area is 162 Å². The van der Waals surface area contributed by atoms with Gasteiger partial charge in [0.1, 0.15) is 5.75 Å². The molecular weight excluding hydrogens is 336 g/mol. The van der Waals surface area contributed by atoms with Crippen molar-refractivity contribution in [1.82, 2.24) is 10.6 Å². The van der Waals surface area contributed by atoms with Crippen LogP contribution in [0.2, 0.25) is 0 Å². The Balaban J connectivity index is 1.71. The number of hydrogen-bond donors (Lipinski definition) is 2. The Morgan fingerprint density at radius 3 is 2.22 bits per heavy atom. The summed E-state index contributed by atoms with van der Waals surface area (Å²) in [6, 6.07) is 15.3. The lowest BCUT2D eigenvalue weighted by molar-refractivity contribution is 0.101. The first-order valence-corrected chi connectivity index (χ1v) is 9.79. The summed E-state index contributed by atoms with van der Waals surface area (Å²) >= 11 is 0. The molecule has 0 spiro atoms. The minimum Gasteiger partial charge on any atom is -0.496 e. The third-order valence-electron chi connectivity index (χ3n) is 5.62. The predicted octanol–water partition coefficient (Wildman–Crippen LogP) is 4.19. The number of nitrogens with one attached hydrogen (secondary N) is 2. The van der Waals surface area contributed by atoms with Crippen molar-refractivity contribution >= 4 is 5.78 Å². The van der Waals surface area contributed by atoms with E-state index >= 15 is 0 Å². The first kappa shape index (κ1) is 19.6. The second-order valence-corrected chi connectivity index (χ2v) is 7.38. The Morgan fingerprint density at radius 2 is 1.63 bits per heavy atom. The Bertz CT molecular complexity index is 762. The monoisotopic (exact) mass is 366 g/mol. The van der Waals surface area contributed by atoms with Crippen molar-refractivity contribution in [1.29, 1.82) is 0 Å². The van der Waals surface area contributed by atoms with E-state index < -0.39 is 0 Å². The highest BCUT2D eigenvalue weighted by Gasteiger charge is 2.19. The van der Waals surface area contributed by atoms with Gasteiger partial charge in [0.05, 0.1) is 7.11 Å². The Hall–Kier alpha value is -2.17. The predicted molar refractivity (Wildman–Crippen MR) is 110 cm³/mol. The van der Waals surface area contributed by atoms with Crippen LogP contribution in [-0.2, 0) is 6.54 Å². The van der Waals surface area contributed by atoms with Crippen LogP contribution in [0.4, 0.5) is 0 Å². The zero-order valence-corrected chi connectivity index (χ0v) is 16.5. The summed E-state index contributed by atoms with van der Waals surface area (Å²) < 4.78 is 5.57. The van der Waals surface area contributed by atoms with Gasteiger partial charge >= 0.3 is 0 Å². The minimum absolute atomic E-state index is 0.0918. The minimum atomic E-state index is 0.0918. The number of carbonyl (C=O) groups is 1. The fraction of sp³-hybridized carbons (Fsp3) is 0.435. The maximum absolute atomic E-state index is 11.5. The molecule has 0 bridgehead atoms. The van der Waals surface area contributed by atoms with Crippen LogP contribution in [0.15, 0.2) is 42.5 Å². The third-order valence-corrected chi connectivity index (χ3v) is 5.62. The van der Waals surface area contributed by atoms with Crippen LogP contribution in [0.1, 0.15) is 48.5 Å². The average Bonchev–Trinajstić information content (AvgIpc) is 2.72. The van der Waals surface area contributed by atoms with Crippen LogP contribution in [0, 0.1) is 0 Å². The standard InChI is InChI=1S/C23H30N2O2/c1-16(26)17-4-6-18(7-5-17)19-8-13-23(27-3)20(14-19)15-25-22-11-9-21(24-2)10-12-22/h4-8,13-14,21-22,24-25H,9-12,15H2,1-3H3. The van der Waals surface area contributed by atoms with Crippen LogP contribution in [0.3, 0.4) is 0 Å². The molecular formula is C23H30N2O2. The summed E-state index contributed by atoms with van der Waals surface area (Å²) in [6.45, 7) is 2.40. The quantitative estimate of drug-likeness (QED) is 0.722. The fourth-order valence-corrected chi connectivity index (χ4v) is 3.83. The van der Waals surface area contributed by atoms with Gasteiger partial charge in [-0.05, 0) is 62.9 Å². The number of methoxy groups -OCH3 is 1. The summed E-state index contributed by atoms with van der Waals surface area (Å²) in [5.74, 6) is 1.00. The molecule has 2 N–H and O–H groups in total. The van der Waals surface area contributed by atoms with Gasteiger partial charge in [-0.15, -0.1) is 0 Å². The molecule has 1 saturated carbocycles. The van der Waals surface area contributed by atoms with Crippen LogP contribution in [-0.4, -0.2) is 32.0 Å². The van der Waals surface area contributed by atoms with E-state index in [9.17, 15) is 4.79 Å². The number of Topliss-reactive ketones (excluding diaryl/α,β-unsaturated/α-hetero) is 1. The number of benzene rings is 2. The lowest BCUT2D eigenvalue weighted by Crippen LogP contribution is -2.38. The molecule has 0 amide bonds. The van der Waals surface area contributed by atoms with Crippen molar-refractivity contribution in [2.24, 2.45) is 0 Å². The van der Waals surface area contributed by atoms with Gasteiger partial charge in [0, 0.05) is 29.8 Å². The van der Waals surface area contributed by atoms with E-state index in [1.54, 1.807) is 14.0 Å². The summed E-state index contributed by atoms with van der Waals surface area (Å²) in [4.78, 5) is 11.5. The van der Waals surface area contributed by atoms with E-state index in [2.05, 4.69) is 29.8 Å². The van der Waals surface area contributed by atoms with E-state index in [4.69, 9.17) is 4.74 Å². The highest BCUT2D eigenvalue weighted by Crippen LogP contribution is 2.28. The highest BCUT2D eigenvalue weighted by atomic mass is 16.5. The van der Waals surface area contributed by atoms with Gasteiger partial charge in [-0.3, -0.25) is 4.79 Å².